The van der Waals surface area contributed by atoms with Gasteiger partial charge in [-0.3, -0.25) is 0 Å². The van der Waals surface area contributed by atoms with Gasteiger partial charge in [-0.05, 0) is 24.3 Å². The van der Waals surface area contributed by atoms with Crippen molar-refractivity contribution in [1.82, 2.24) is 0 Å². The summed E-state index contributed by atoms with van der Waals surface area (Å²) in [6.07, 6.45) is 0. The first-order chi connectivity index (χ1) is 8.77. The minimum atomic E-state index is 0.548. The van der Waals surface area contributed by atoms with E-state index in [-0.39, 0.29) is 0 Å². The molecule has 0 aliphatic rings. The summed E-state index contributed by atoms with van der Waals surface area (Å²) in [5, 5.41) is 1.10. The second-order valence-corrected chi connectivity index (χ2v) is 5.54. The number of thioether (sulfide) groups is 1. The van der Waals surface area contributed by atoms with Gasteiger partial charge in [0.15, 0.2) is 5.75 Å². The van der Waals surface area contributed by atoms with Crippen molar-refractivity contribution in [2.75, 3.05) is 12.4 Å². The second kappa shape index (κ2) is 6.93. The zero-order valence-electron chi connectivity index (χ0n) is 9.61. The Kier molecular flexibility index (Phi) is 5.24. The molecule has 2 aromatic carbocycles. The molecule has 0 bridgehead atoms. The molecular weight excluding hydrogens is 287 g/mol. The molecule has 0 spiro atoms. The summed E-state index contributed by atoms with van der Waals surface area (Å²) in [5.74, 6) is 1.42. The maximum atomic E-state index is 6.01. The Morgan fingerprint density at radius 3 is 2.22 bits per heavy atom. The summed E-state index contributed by atoms with van der Waals surface area (Å²) in [4.78, 5) is 1.23. The van der Waals surface area contributed by atoms with Crippen LogP contribution in [0.5, 0.6) is 5.75 Å². The average Bonchev–Trinajstić information content (AvgIpc) is 2.38. The summed E-state index contributed by atoms with van der Waals surface area (Å²) in [5.41, 5.74) is 0. The van der Waals surface area contributed by atoms with Crippen molar-refractivity contribution >= 4 is 35.0 Å². The van der Waals surface area contributed by atoms with Crippen molar-refractivity contribution in [2.45, 2.75) is 4.90 Å². The molecule has 0 unspecified atom stereocenters. The SMILES string of the molecule is Clc1cccc(Cl)c1OCCSc1ccccc1. The van der Waals surface area contributed by atoms with E-state index in [1.807, 2.05) is 18.2 Å². The fraction of sp³-hybridized carbons (Fsp3) is 0.143. The van der Waals surface area contributed by atoms with Gasteiger partial charge in [-0.25, -0.2) is 0 Å². The highest BCUT2D eigenvalue weighted by Gasteiger charge is 2.05. The van der Waals surface area contributed by atoms with Crippen molar-refractivity contribution in [3.63, 3.8) is 0 Å². The molecule has 1 nitrogen and oxygen atoms in total. The van der Waals surface area contributed by atoms with Crippen LogP contribution < -0.4 is 4.74 Å². The molecule has 0 atom stereocenters. The molecule has 2 rings (SSSR count). The van der Waals surface area contributed by atoms with Gasteiger partial charge in [0.2, 0.25) is 0 Å². The quantitative estimate of drug-likeness (QED) is 0.557. The molecular formula is C14H12Cl2OS. The Morgan fingerprint density at radius 2 is 1.56 bits per heavy atom. The van der Waals surface area contributed by atoms with Crippen LogP contribution in [0.2, 0.25) is 10.0 Å². The molecule has 0 aromatic heterocycles. The van der Waals surface area contributed by atoms with Crippen molar-refractivity contribution in [3.8, 4) is 5.75 Å². The van der Waals surface area contributed by atoms with Crippen LogP contribution in [0.1, 0.15) is 0 Å². The zero-order valence-corrected chi connectivity index (χ0v) is 11.9. The van der Waals surface area contributed by atoms with Crippen LogP contribution in [0.3, 0.4) is 0 Å². The summed E-state index contributed by atoms with van der Waals surface area (Å²) in [6.45, 7) is 0.572. The first kappa shape index (κ1) is 13.6. The minimum absolute atomic E-state index is 0.548. The number of para-hydroxylation sites is 1. The lowest BCUT2D eigenvalue weighted by Crippen LogP contribution is -2.01. The van der Waals surface area contributed by atoms with Crippen LogP contribution in [0.15, 0.2) is 53.4 Å². The Hall–Kier alpha value is -0.830. The molecule has 0 aliphatic carbocycles. The number of hydrogen-bond donors (Lipinski definition) is 0. The lowest BCUT2D eigenvalue weighted by atomic mass is 10.3. The van der Waals surface area contributed by atoms with Crippen molar-refractivity contribution in [3.05, 3.63) is 58.6 Å². The van der Waals surface area contributed by atoms with E-state index >= 15 is 0 Å². The number of hydrogen-bond acceptors (Lipinski definition) is 2. The van der Waals surface area contributed by atoms with Gasteiger partial charge in [0.05, 0.1) is 16.7 Å². The van der Waals surface area contributed by atoms with Crippen LogP contribution >= 0.6 is 35.0 Å². The summed E-state index contributed by atoms with van der Waals surface area (Å²) in [6, 6.07) is 15.5. The van der Waals surface area contributed by atoms with E-state index in [0.29, 0.717) is 22.4 Å². The van der Waals surface area contributed by atoms with E-state index in [1.54, 1.807) is 30.0 Å². The third-order valence-corrected chi connectivity index (χ3v) is 3.83. The standard InChI is InChI=1S/C14H12Cl2OS/c15-12-7-4-8-13(16)14(12)17-9-10-18-11-5-2-1-3-6-11/h1-8H,9-10H2. The fourth-order valence-corrected chi connectivity index (χ4v) is 2.70. The Labute approximate surface area is 121 Å². The normalized spacial score (nSPS) is 10.3. The first-order valence-electron chi connectivity index (χ1n) is 5.52. The zero-order chi connectivity index (χ0) is 12.8. The maximum Gasteiger partial charge on any atom is 0.156 e. The highest BCUT2D eigenvalue weighted by Crippen LogP contribution is 2.32. The van der Waals surface area contributed by atoms with E-state index in [9.17, 15) is 0 Å². The van der Waals surface area contributed by atoms with E-state index in [4.69, 9.17) is 27.9 Å². The number of benzene rings is 2. The van der Waals surface area contributed by atoms with Crippen LogP contribution in [0.25, 0.3) is 0 Å². The van der Waals surface area contributed by atoms with Crippen LogP contribution in [-0.4, -0.2) is 12.4 Å². The largest absolute Gasteiger partial charge is 0.490 e. The molecule has 2 aromatic rings. The molecule has 0 heterocycles. The lowest BCUT2D eigenvalue weighted by Gasteiger charge is -2.09. The lowest BCUT2D eigenvalue weighted by molar-refractivity contribution is 0.344. The third-order valence-electron chi connectivity index (χ3n) is 2.26. The Balaban J connectivity index is 1.82. The molecule has 94 valence electrons. The number of rotatable bonds is 5. The maximum absolute atomic E-state index is 6.01. The van der Waals surface area contributed by atoms with Gasteiger partial charge in [0.25, 0.3) is 0 Å². The van der Waals surface area contributed by atoms with Crippen molar-refractivity contribution in [1.29, 1.82) is 0 Å². The van der Waals surface area contributed by atoms with E-state index in [0.717, 1.165) is 5.75 Å². The van der Waals surface area contributed by atoms with Gasteiger partial charge in [-0.15, -0.1) is 11.8 Å². The topological polar surface area (TPSA) is 9.23 Å². The van der Waals surface area contributed by atoms with Gasteiger partial charge in [-0.2, -0.15) is 0 Å². The molecule has 0 aliphatic heterocycles. The highest BCUT2D eigenvalue weighted by atomic mass is 35.5. The highest BCUT2D eigenvalue weighted by molar-refractivity contribution is 7.99. The fourth-order valence-electron chi connectivity index (χ4n) is 1.44. The summed E-state index contributed by atoms with van der Waals surface area (Å²) in [7, 11) is 0. The molecule has 18 heavy (non-hydrogen) atoms. The predicted octanol–water partition coefficient (Wildman–Crippen LogP) is 5.16. The van der Waals surface area contributed by atoms with Gasteiger partial charge in [-0.1, -0.05) is 47.5 Å². The molecule has 0 fully saturated rings. The monoisotopic (exact) mass is 298 g/mol. The molecule has 0 saturated carbocycles. The summed E-state index contributed by atoms with van der Waals surface area (Å²) < 4.78 is 5.60. The smallest absolute Gasteiger partial charge is 0.156 e. The van der Waals surface area contributed by atoms with Crippen LogP contribution in [0.4, 0.5) is 0 Å². The van der Waals surface area contributed by atoms with Crippen LogP contribution in [-0.2, 0) is 0 Å². The molecule has 4 heteroatoms. The molecule has 0 radical (unpaired) electrons. The van der Waals surface area contributed by atoms with Crippen molar-refractivity contribution in [2.24, 2.45) is 0 Å². The first-order valence-corrected chi connectivity index (χ1v) is 7.26. The van der Waals surface area contributed by atoms with Gasteiger partial charge < -0.3 is 4.74 Å². The Bertz CT molecular complexity index is 482. The van der Waals surface area contributed by atoms with Crippen LogP contribution in [0, 0.1) is 0 Å². The molecule has 0 N–H and O–H groups in total. The van der Waals surface area contributed by atoms with Gasteiger partial charge in [0.1, 0.15) is 0 Å². The van der Waals surface area contributed by atoms with Crippen molar-refractivity contribution < 1.29 is 4.74 Å². The minimum Gasteiger partial charge on any atom is -0.490 e. The van der Waals surface area contributed by atoms with Gasteiger partial charge in [0, 0.05) is 10.6 Å². The second-order valence-electron chi connectivity index (χ2n) is 3.56. The number of halogens is 2. The molecule has 0 saturated heterocycles. The van der Waals surface area contributed by atoms with E-state index in [2.05, 4.69) is 12.1 Å². The van der Waals surface area contributed by atoms with E-state index < -0.39 is 0 Å². The predicted molar refractivity (Wildman–Crippen MR) is 79.1 cm³/mol. The van der Waals surface area contributed by atoms with E-state index in [1.165, 1.54) is 4.90 Å². The van der Waals surface area contributed by atoms with Gasteiger partial charge >= 0.3 is 0 Å². The Morgan fingerprint density at radius 1 is 0.889 bits per heavy atom. The summed E-state index contributed by atoms with van der Waals surface area (Å²) >= 11 is 13.8. The molecule has 0 amide bonds. The third kappa shape index (κ3) is 3.84. The average molecular weight is 299 g/mol. The number of ether oxygens (including phenoxy) is 1.